The minimum atomic E-state index is -0.238. The van der Waals surface area contributed by atoms with Gasteiger partial charge in [-0.25, -0.2) is 9.97 Å². The summed E-state index contributed by atoms with van der Waals surface area (Å²) in [6.45, 7) is 10.0. The second-order valence-electron chi connectivity index (χ2n) is 6.44. The molecule has 26 heavy (non-hydrogen) atoms. The lowest BCUT2D eigenvalue weighted by molar-refractivity contribution is -0.120. The highest BCUT2D eigenvalue weighted by Crippen LogP contribution is 2.36. The number of carbonyl (C=O) groups is 1. The van der Waals surface area contributed by atoms with Gasteiger partial charge in [-0.3, -0.25) is 4.79 Å². The first-order valence-electron chi connectivity index (χ1n) is 8.63. The van der Waals surface area contributed by atoms with E-state index in [9.17, 15) is 4.79 Å². The summed E-state index contributed by atoms with van der Waals surface area (Å²) < 4.78 is 0. The van der Waals surface area contributed by atoms with Crippen molar-refractivity contribution in [2.75, 3.05) is 0 Å². The fraction of sp³-hybridized carbons (Fsp3) is 0.350. The number of thioether (sulfide) groups is 1. The van der Waals surface area contributed by atoms with Crippen LogP contribution in [-0.2, 0) is 4.79 Å². The zero-order chi connectivity index (χ0) is 18.8. The van der Waals surface area contributed by atoms with Crippen molar-refractivity contribution in [3.05, 3.63) is 52.2 Å². The number of nitrogens with zero attached hydrogens (tertiary/aromatic N) is 2. The van der Waals surface area contributed by atoms with Crippen molar-refractivity contribution < 1.29 is 4.79 Å². The van der Waals surface area contributed by atoms with E-state index in [1.54, 1.807) is 11.3 Å². The summed E-state index contributed by atoms with van der Waals surface area (Å²) in [5.74, 6) is 0.756. The number of thiophene rings is 1. The van der Waals surface area contributed by atoms with Gasteiger partial charge >= 0.3 is 0 Å². The summed E-state index contributed by atoms with van der Waals surface area (Å²) in [4.78, 5) is 24.1. The molecule has 0 aliphatic heterocycles. The number of carbonyl (C=O) groups excluding carboxylic acids is 1. The van der Waals surface area contributed by atoms with Crippen LogP contribution in [0.4, 0.5) is 0 Å². The summed E-state index contributed by atoms with van der Waals surface area (Å²) in [6, 6.07) is 9.97. The Kier molecular flexibility index (Phi) is 5.63. The minimum Gasteiger partial charge on any atom is -0.349 e. The lowest BCUT2D eigenvalue weighted by Gasteiger charge is -2.18. The highest BCUT2D eigenvalue weighted by atomic mass is 32.2. The van der Waals surface area contributed by atoms with Gasteiger partial charge in [0.05, 0.1) is 11.3 Å². The van der Waals surface area contributed by atoms with Crippen LogP contribution in [0.15, 0.2) is 35.4 Å². The fourth-order valence-electron chi connectivity index (χ4n) is 2.78. The number of aryl methyl sites for hydroxylation is 3. The third kappa shape index (κ3) is 3.91. The molecule has 0 radical (unpaired) electrons. The van der Waals surface area contributed by atoms with Crippen LogP contribution >= 0.6 is 23.1 Å². The molecule has 4 nitrogen and oxygen atoms in total. The average Bonchev–Trinajstić information content (AvgIpc) is 2.89. The fourth-order valence-corrected chi connectivity index (χ4v) is 4.98. The Morgan fingerprint density at radius 2 is 1.81 bits per heavy atom. The maximum Gasteiger partial charge on any atom is 0.233 e. The van der Waals surface area contributed by atoms with Crippen LogP contribution in [0, 0.1) is 20.8 Å². The summed E-state index contributed by atoms with van der Waals surface area (Å²) >= 11 is 3.19. The van der Waals surface area contributed by atoms with Gasteiger partial charge < -0.3 is 5.32 Å². The number of rotatable bonds is 5. The van der Waals surface area contributed by atoms with Crippen molar-refractivity contribution in [1.82, 2.24) is 15.3 Å². The van der Waals surface area contributed by atoms with E-state index in [4.69, 9.17) is 0 Å². The Morgan fingerprint density at radius 3 is 2.50 bits per heavy atom. The van der Waals surface area contributed by atoms with Crippen LogP contribution in [0.3, 0.4) is 0 Å². The summed E-state index contributed by atoms with van der Waals surface area (Å²) in [5, 5.41) is 4.84. The normalized spacial score (nSPS) is 13.6. The number of aromatic nitrogens is 2. The van der Waals surface area contributed by atoms with Crippen LogP contribution in [-0.4, -0.2) is 21.1 Å². The molecule has 0 bridgehead atoms. The molecule has 2 atom stereocenters. The third-order valence-corrected chi connectivity index (χ3v) is 6.61. The predicted molar refractivity (Wildman–Crippen MR) is 110 cm³/mol. The van der Waals surface area contributed by atoms with Gasteiger partial charge in [0.15, 0.2) is 0 Å². The lowest BCUT2D eigenvalue weighted by Crippen LogP contribution is -2.33. The standard InChI is InChI=1S/C20H23N3OS2/c1-11-13(3)25-19-17(11)20(23-15(5)22-19)26-14(4)18(24)21-12(2)16-9-7-6-8-10-16/h6-10,12,14H,1-5H3,(H,21,24). The van der Waals surface area contributed by atoms with E-state index >= 15 is 0 Å². The number of hydrogen-bond acceptors (Lipinski definition) is 5. The van der Waals surface area contributed by atoms with Crippen LogP contribution in [0.25, 0.3) is 10.2 Å². The van der Waals surface area contributed by atoms with Gasteiger partial charge in [0.1, 0.15) is 15.7 Å². The Hall–Kier alpha value is -1.92. The Balaban J connectivity index is 1.78. The van der Waals surface area contributed by atoms with Gasteiger partial charge in [0.25, 0.3) is 0 Å². The molecular weight excluding hydrogens is 362 g/mol. The molecule has 1 aromatic carbocycles. The first kappa shape index (κ1) is 18.9. The summed E-state index contributed by atoms with van der Waals surface area (Å²) in [7, 11) is 0. The largest absolute Gasteiger partial charge is 0.349 e. The van der Waals surface area contributed by atoms with Crippen molar-refractivity contribution in [3.8, 4) is 0 Å². The monoisotopic (exact) mass is 385 g/mol. The lowest BCUT2D eigenvalue weighted by atomic mass is 10.1. The summed E-state index contributed by atoms with van der Waals surface area (Å²) in [5.41, 5.74) is 2.31. The smallest absolute Gasteiger partial charge is 0.233 e. The van der Waals surface area contributed by atoms with Gasteiger partial charge in [-0.2, -0.15) is 0 Å². The van der Waals surface area contributed by atoms with Crippen molar-refractivity contribution in [3.63, 3.8) is 0 Å². The highest BCUT2D eigenvalue weighted by molar-refractivity contribution is 8.00. The van der Waals surface area contributed by atoms with Gasteiger partial charge in [-0.15, -0.1) is 11.3 Å². The van der Waals surface area contributed by atoms with Gasteiger partial charge in [0, 0.05) is 10.3 Å². The number of hydrogen-bond donors (Lipinski definition) is 1. The molecular formula is C20H23N3OS2. The van der Waals surface area contributed by atoms with E-state index in [-0.39, 0.29) is 17.2 Å². The van der Waals surface area contributed by atoms with Crippen LogP contribution in [0.1, 0.15) is 41.7 Å². The Labute approximate surface area is 162 Å². The molecule has 0 saturated heterocycles. The minimum absolute atomic E-state index is 0.0142. The molecule has 0 spiro atoms. The molecule has 3 aromatic rings. The SMILES string of the molecule is Cc1nc(SC(C)C(=O)NC(C)c2ccccc2)c2c(C)c(C)sc2n1. The van der Waals surface area contributed by atoms with E-state index < -0.39 is 0 Å². The second-order valence-corrected chi connectivity index (χ2v) is 8.97. The molecule has 0 aliphatic rings. The molecule has 6 heteroatoms. The average molecular weight is 386 g/mol. The van der Waals surface area contributed by atoms with Gasteiger partial charge in [0.2, 0.25) is 5.91 Å². The van der Waals surface area contributed by atoms with E-state index in [0.717, 1.165) is 26.6 Å². The van der Waals surface area contributed by atoms with Gasteiger partial charge in [-0.1, -0.05) is 42.1 Å². The molecule has 136 valence electrons. The molecule has 2 unspecified atom stereocenters. The molecule has 2 aromatic heterocycles. The van der Waals surface area contributed by atoms with Crippen LogP contribution < -0.4 is 5.32 Å². The number of benzene rings is 1. The van der Waals surface area contributed by atoms with Crippen molar-refractivity contribution in [1.29, 1.82) is 0 Å². The van der Waals surface area contributed by atoms with Crippen LogP contribution in [0.2, 0.25) is 0 Å². The first-order valence-corrected chi connectivity index (χ1v) is 10.3. The molecule has 0 saturated carbocycles. The van der Waals surface area contributed by atoms with Crippen molar-refractivity contribution >= 4 is 39.2 Å². The zero-order valence-corrected chi connectivity index (χ0v) is 17.3. The maximum atomic E-state index is 12.7. The topological polar surface area (TPSA) is 54.9 Å². The van der Waals surface area contributed by atoms with Crippen molar-refractivity contribution in [2.24, 2.45) is 0 Å². The molecule has 3 rings (SSSR count). The zero-order valence-electron chi connectivity index (χ0n) is 15.7. The number of amides is 1. The Morgan fingerprint density at radius 1 is 1.12 bits per heavy atom. The molecule has 1 amide bonds. The Bertz CT molecular complexity index is 937. The van der Waals surface area contributed by atoms with E-state index in [0.29, 0.717) is 0 Å². The second kappa shape index (κ2) is 7.76. The summed E-state index contributed by atoms with van der Waals surface area (Å²) in [6.07, 6.45) is 0. The van der Waals surface area contributed by atoms with E-state index in [2.05, 4.69) is 29.1 Å². The maximum absolute atomic E-state index is 12.7. The van der Waals surface area contributed by atoms with Crippen LogP contribution in [0.5, 0.6) is 0 Å². The predicted octanol–water partition coefficient (Wildman–Crippen LogP) is 4.97. The quantitative estimate of drug-likeness (QED) is 0.497. The molecule has 0 fully saturated rings. The van der Waals surface area contributed by atoms with Gasteiger partial charge in [-0.05, 0) is 45.7 Å². The highest BCUT2D eigenvalue weighted by Gasteiger charge is 2.21. The molecule has 2 heterocycles. The van der Waals surface area contributed by atoms with E-state index in [1.807, 2.05) is 51.1 Å². The van der Waals surface area contributed by atoms with Crippen molar-refractivity contribution in [2.45, 2.75) is 50.9 Å². The molecule has 1 N–H and O–H groups in total. The van der Waals surface area contributed by atoms with E-state index in [1.165, 1.54) is 22.2 Å². The first-order chi connectivity index (χ1) is 12.4. The number of nitrogens with one attached hydrogen (secondary N) is 1. The third-order valence-electron chi connectivity index (χ3n) is 4.42. The molecule has 0 aliphatic carbocycles. The number of fused-ring (bicyclic) bond motifs is 1.